The van der Waals surface area contributed by atoms with E-state index in [1.54, 1.807) is 62.4 Å². The van der Waals surface area contributed by atoms with Crippen molar-refractivity contribution in [1.82, 2.24) is 5.32 Å². The molecule has 8 nitrogen and oxygen atoms in total. The molecule has 168 valence electrons. The average molecular weight is 476 g/mol. The van der Waals surface area contributed by atoms with E-state index < -0.39 is 18.0 Å². The summed E-state index contributed by atoms with van der Waals surface area (Å²) in [5.41, 5.74) is 1.13. The zero-order chi connectivity index (χ0) is 23.5. The quantitative estimate of drug-likeness (QED) is 0.304. The highest BCUT2D eigenvalue weighted by Gasteiger charge is 2.16. The van der Waals surface area contributed by atoms with Crippen LogP contribution in [0.2, 0.25) is 5.02 Å². The molecule has 2 aromatic rings. The predicted octanol–water partition coefficient (Wildman–Crippen LogP) is 3.68. The van der Waals surface area contributed by atoms with Crippen LogP contribution in [0.15, 0.2) is 60.7 Å². The Labute approximate surface area is 195 Å². The zero-order valence-corrected chi connectivity index (χ0v) is 19.0. The van der Waals surface area contributed by atoms with Crippen LogP contribution >= 0.6 is 23.8 Å². The van der Waals surface area contributed by atoms with E-state index >= 15 is 0 Å². The molecule has 10 heteroatoms. The number of rotatable bonds is 8. The lowest BCUT2D eigenvalue weighted by Gasteiger charge is -2.16. The van der Waals surface area contributed by atoms with Gasteiger partial charge in [-0.1, -0.05) is 23.7 Å². The van der Waals surface area contributed by atoms with Gasteiger partial charge < -0.3 is 20.1 Å². The van der Waals surface area contributed by atoms with Crippen LogP contribution in [0.1, 0.15) is 13.8 Å². The van der Waals surface area contributed by atoms with Crippen molar-refractivity contribution in [3.05, 3.63) is 65.7 Å². The minimum Gasteiger partial charge on any atom is -0.479 e. The molecule has 0 spiro atoms. The smallest absolute Gasteiger partial charge is 0.330 e. The molecule has 0 saturated heterocycles. The van der Waals surface area contributed by atoms with Gasteiger partial charge in [0.1, 0.15) is 5.75 Å². The van der Waals surface area contributed by atoms with Crippen LogP contribution in [0.25, 0.3) is 0 Å². The summed E-state index contributed by atoms with van der Waals surface area (Å²) >= 11 is 11.1. The fourth-order valence-corrected chi connectivity index (χ4v) is 2.71. The Morgan fingerprint density at radius 3 is 2.28 bits per heavy atom. The van der Waals surface area contributed by atoms with Gasteiger partial charge in [0, 0.05) is 23.5 Å². The standard InChI is InChI=1S/C22H22ClN3O5S/c1-3-30-20(28)13-12-19(27)26-22(32)25-16-10-8-15(9-11-16)24-21(29)14(2)31-18-7-5-4-6-17(18)23/h4-14H,3H2,1-2H3,(H,24,29)(H2,25,26,27,32)/b13-12+. The van der Waals surface area contributed by atoms with Gasteiger partial charge in [-0.3, -0.25) is 14.9 Å². The predicted molar refractivity (Wildman–Crippen MR) is 127 cm³/mol. The topological polar surface area (TPSA) is 106 Å². The molecule has 0 radical (unpaired) electrons. The SMILES string of the molecule is CCOC(=O)/C=C/C(=O)NC(=S)Nc1ccc(NC(=O)C(C)Oc2ccccc2Cl)cc1. The third-order valence-corrected chi connectivity index (χ3v) is 4.33. The van der Waals surface area contributed by atoms with Gasteiger partial charge in [0.25, 0.3) is 5.91 Å². The van der Waals surface area contributed by atoms with Crippen molar-refractivity contribution in [2.24, 2.45) is 0 Å². The lowest BCUT2D eigenvalue weighted by molar-refractivity contribution is -0.137. The van der Waals surface area contributed by atoms with E-state index in [2.05, 4.69) is 20.7 Å². The Kier molecular flexibility index (Phi) is 9.65. The lowest BCUT2D eigenvalue weighted by Crippen LogP contribution is -2.33. The highest BCUT2D eigenvalue weighted by Crippen LogP contribution is 2.24. The number of halogens is 1. The summed E-state index contributed by atoms with van der Waals surface area (Å²) in [6.07, 6.45) is 1.27. The minimum atomic E-state index is -0.766. The molecular formula is C22H22ClN3O5S. The van der Waals surface area contributed by atoms with E-state index in [4.69, 9.17) is 28.6 Å². The number of hydrogen-bond donors (Lipinski definition) is 3. The molecule has 2 rings (SSSR count). The van der Waals surface area contributed by atoms with Gasteiger partial charge >= 0.3 is 5.97 Å². The van der Waals surface area contributed by atoms with E-state index in [1.807, 2.05) is 0 Å². The maximum absolute atomic E-state index is 12.4. The number of ether oxygens (including phenoxy) is 2. The van der Waals surface area contributed by atoms with Crippen molar-refractivity contribution < 1.29 is 23.9 Å². The molecule has 0 fully saturated rings. The second-order valence-corrected chi connectivity index (χ2v) is 7.10. The number of thiocarbonyl (C=S) groups is 1. The Hall–Kier alpha value is -3.43. The molecule has 2 amide bonds. The number of carbonyl (C=O) groups excluding carboxylic acids is 3. The zero-order valence-electron chi connectivity index (χ0n) is 17.4. The number of para-hydroxylation sites is 1. The molecule has 0 aromatic heterocycles. The summed E-state index contributed by atoms with van der Waals surface area (Å²) in [5, 5.41) is 8.43. The van der Waals surface area contributed by atoms with Crippen LogP contribution in [-0.4, -0.2) is 35.6 Å². The number of anilines is 2. The first-order chi connectivity index (χ1) is 15.3. The van der Waals surface area contributed by atoms with Gasteiger partial charge in [-0.15, -0.1) is 0 Å². The molecule has 1 unspecified atom stereocenters. The Balaban J connectivity index is 1.84. The molecule has 0 heterocycles. The van der Waals surface area contributed by atoms with Gasteiger partial charge in [-0.2, -0.15) is 0 Å². The van der Waals surface area contributed by atoms with Crippen LogP contribution in [0, 0.1) is 0 Å². The van der Waals surface area contributed by atoms with Crippen LogP contribution in [-0.2, 0) is 19.1 Å². The van der Waals surface area contributed by atoms with E-state index in [1.165, 1.54) is 0 Å². The van der Waals surface area contributed by atoms with Gasteiger partial charge in [0.05, 0.1) is 11.6 Å². The van der Waals surface area contributed by atoms with Crippen LogP contribution in [0.4, 0.5) is 11.4 Å². The number of amides is 2. The first-order valence-corrected chi connectivity index (χ1v) is 10.4. The summed E-state index contributed by atoms with van der Waals surface area (Å²) in [6, 6.07) is 13.6. The summed E-state index contributed by atoms with van der Waals surface area (Å²) in [5.74, 6) is -1.12. The van der Waals surface area contributed by atoms with E-state index in [9.17, 15) is 14.4 Å². The molecular weight excluding hydrogens is 454 g/mol. The van der Waals surface area contributed by atoms with E-state index in [0.29, 0.717) is 22.1 Å². The van der Waals surface area contributed by atoms with Crippen LogP contribution in [0.5, 0.6) is 5.75 Å². The minimum absolute atomic E-state index is 0.0436. The number of benzene rings is 2. The van der Waals surface area contributed by atoms with Crippen molar-refractivity contribution in [2.75, 3.05) is 17.2 Å². The molecule has 3 N–H and O–H groups in total. The molecule has 0 aliphatic carbocycles. The van der Waals surface area contributed by atoms with Crippen LogP contribution in [0.3, 0.4) is 0 Å². The Bertz CT molecular complexity index is 1010. The van der Waals surface area contributed by atoms with E-state index in [0.717, 1.165) is 12.2 Å². The largest absolute Gasteiger partial charge is 0.479 e. The number of nitrogens with one attached hydrogen (secondary N) is 3. The summed E-state index contributed by atoms with van der Waals surface area (Å²) in [7, 11) is 0. The molecule has 32 heavy (non-hydrogen) atoms. The molecule has 1 atom stereocenters. The van der Waals surface area contributed by atoms with Crippen molar-refractivity contribution in [1.29, 1.82) is 0 Å². The Morgan fingerprint density at radius 1 is 1.03 bits per heavy atom. The van der Waals surface area contributed by atoms with Crippen molar-refractivity contribution >= 4 is 58.1 Å². The fraction of sp³-hybridized carbons (Fsp3) is 0.182. The third kappa shape index (κ3) is 8.37. The lowest BCUT2D eigenvalue weighted by atomic mass is 10.2. The maximum Gasteiger partial charge on any atom is 0.330 e. The third-order valence-electron chi connectivity index (χ3n) is 3.81. The number of carbonyl (C=O) groups is 3. The highest BCUT2D eigenvalue weighted by molar-refractivity contribution is 7.80. The Morgan fingerprint density at radius 2 is 1.66 bits per heavy atom. The second kappa shape index (κ2) is 12.4. The summed E-state index contributed by atoms with van der Waals surface area (Å²) in [4.78, 5) is 35.3. The molecule has 0 aliphatic heterocycles. The van der Waals surface area contributed by atoms with E-state index in [-0.39, 0.29) is 17.6 Å². The first kappa shape index (κ1) is 24.8. The normalized spacial score (nSPS) is 11.3. The molecule has 2 aromatic carbocycles. The van der Waals surface area contributed by atoms with Gasteiger partial charge in [-0.05, 0) is 62.5 Å². The summed E-state index contributed by atoms with van der Waals surface area (Å²) < 4.78 is 10.3. The number of hydrogen-bond acceptors (Lipinski definition) is 6. The van der Waals surface area contributed by atoms with Crippen molar-refractivity contribution in [2.45, 2.75) is 20.0 Å². The monoisotopic (exact) mass is 475 g/mol. The molecule has 0 aliphatic rings. The van der Waals surface area contributed by atoms with Gasteiger partial charge in [-0.25, -0.2) is 4.79 Å². The molecule has 0 bridgehead atoms. The molecule has 0 saturated carbocycles. The average Bonchev–Trinajstić information content (AvgIpc) is 2.75. The van der Waals surface area contributed by atoms with Crippen molar-refractivity contribution in [3.63, 3.8) is 0 Å². The van der Waals surface area contributed by atoms with Crippen LogP contribution < -0.4 is 20.7 Å². The highest BCUT2D eigenvalue weighted by atomic mass is 35.5. The second-order valence-electron chi connectivity index (χ2n) is 6.29. The summed E-state index contributed by atoms with van der Waals surface area (Å²) in [6.45, 7) is 3.50. The maximum atomic E-state index is 12.4. The van der Waals surface area contributed by atoms with Gasteiger partial charge in [0.15, 0.2) is 11.2 Å². The van der Waals surface area contributed by atoms with Gasteiger partial charge in [0.2, 0.25) is 5.91 Å². The van der Waals surface area contributed by atoms with Crippen molar-refractivity contribution in [3.8, 4) is 5.75 Å². The first-order valence-electron chi connectivity index (χ1n) is 9.57. The fourth-order valence-electron chi connectivity index (χ4n) is 2.32. The number of esters is 1.